The van der Waals surface area contributed by atoms with Crippen molar-refractivity contribution in [2.45, 2.75) is 24.8 Å². The van der Waals surface area contributed by atoms with Gasteiger partial charge in [0.25, 0.3) is 15.0 Å². The smallest absolute Gasteiger partial charge is 0.261 e. The molecule has 7 heteroatoms. The lowest BCUT2D eigenvalue weighted by Crippen LogP contribution is -2.40. The highest BCUT2D eigenvalue weighted by Gasteiger charge is 2.20. The number of carbonyl (C=O) groups excluding carboxylic acids is 1. The van der Waals surface area contributed by atoms with Crippen LogP contribution in [0.15, 0.2) is 29.2 Å². The number of ether oxygens (including phenoxy) is 1. The van der Waals surface area contributed by atoms with Crippen LogP contribution in [0.1, 0.15) is 24.2 Å². The number of hydrogen-bond donors (Lipinski definition) is 0. The zero-order valence-corrected chi connectivity index (χ0v) is 13.2. The second-order valence-electron chi connectivity index (χ2n) is 4.36. The van der Waals surface area contributed by atoms with Gasteiger partial charge in [-0.05, 0) is 38.1 Å². The van der Waals surface area contributed by atoms with Gasteiger partial charge in [0.05, 0.1) is 17.5 Å². The first-order chi connectivity index (χ1) is 9.31. The van der Waals surface area contributed by atoms with Crippen LogP contribution >= 0.6 is 10.7 Å². The zero-order chi connectivity index (χ0) is 15.3. The molecule has 0 N–H and O–H groups in total. The molecule has 0 radical (unpaired) electrons. The van der Waals surface area contributed by atoms with Gasteiger partial charge in [-0.3, -0.25) is 4.79 Å². The van der Waals surface area contributed by atoms with E-state index in [1.54, 1.807) is 12.0 Å². The Bertz CT molecular complexity index is 556. The predicted octanol–water partition coefficient (Wildman–Crippen LogP) is 2.11. The van der Waals surface area contributed by atoms with E-state index in [0.717, 1.165) is 0 Å². The Morgan fingerprint density at radius 3 is 2.30 bits per heavy atom. The van der Waals surface area contributed by atoms with Crippen molar-refractivity contribution in [3.8, 4) is 0 Å². The minimum atomic E-state index is -3.77. The first kappa shape index (κ1) is 16.9. The minimum absolute atomic E-state index is 0.0243. The third-order valence-electron chi connectivity index (χ3n) is 2.92. The van der Waals surface area contributed by atoms with E-state index in [1.165, 1.54) is 24.3 Å². The highest BCUT2D eigenvalue weighted by atomic mass is 35.7. The molecule has 0 spiro atoms. The molecule has 1 rings (SSSR count). The summed E-state index contributed by atoms with van der Waals surface area (Å²) in [5.74, 6) is -0.171. The molecular weight excluding hydrogens is 302 g/mol. The van der Waals surface area contributed by atoms with Crippen LogP contribution in [0.2, 0.25) is 0 Å². The van der Waals surface area contributed by atoms with Crippen LogP contribution in [0.3, 0.4) is 0 Å². The summed E-state index contributed by atoms with van der Waals surface area (Å²) >= 11 is 0. The number of methoxy groups -OCH3 is 1. The van der Waals surface area contributed by atoms with E-state index in [-0.39, 0.29) is 16.8 Å². The van der Waals surface area contributed by atoms with Crippen LogP contribution in [0, 0.1) is 0 Å². The molecule has 0 aliphatic rings. The second kappa shape index (κ2) is 7.06. The van der Waals surface area contributed by atoms with E-state index in [1.807, 2.05) is 13.8 Å². The number of nitrogens with zero attached hydrogens (tertiary/aromatic N) is 1. The average molecular weight is 320 g/mol. The molecule has 112 valence electrons. The van der Waals surface area contributed by atoms with E-state index in [9.17, 15) is 13.2 Å². The molecule has 5 nitrogen and oxygen atoms in total. The van der Waals surface area contributed by atoms with Crippen molar-refractivity contribution < 1.29 is 17.9 Å². The summed E-state index contributed by atoms with van der Waals surface area (Å²) in [5.41, 5.74) is 0.416. The van der Waals surface area contributed by atoms with E-state index >= 15 is 0 Å². The van der Waals surface area contributed by atoms with Crippen molar-refractivity contribution in [3.05, 3.63) is 29.8 Å². The average Bonchev–Trinajstić information content (AvgIpc) is 2.39. The third kappa shape index (κ3) is 4.19. The molecule has 0 bridgehead atoms. The Morgan fingerprint density at radius 2 is 1.90 bits per heavy atom. The highest BCUT2D eigenvalue weighted by Crippen LogP contribution is 2.17. The maximum Gasteiger partial charge on any atom is 0.261 e. The van der Waals surface area contributed by atoms with Crippen LogP contribution < -0.4 is 0 Å². The van der Waals surface area contributed by atoms with E-state index in [4.69, 9.17) is 15.4 Å². The van der Waals surface area contributed by atoms with Crippen LogP contribution in [0.25, 0.3) is 0 Å². The maximum atomic E-state index is 12.3. The van der Waals surface area contributed by atoms with Crippen molar-refractivity contribution in [1.29, 1.82) is 0 Å². The molecular formula is C13H18ClNO4S. The fourth-order valence-corrected chi connectivity index (χ4v) is 2.68. The Balaban J connectivity index is 2.96. The van der Waals surface area contributed by atoms with Crippen molar-refractivity contribution in [2.24, 2.45) is 0 Å². The molecule has 0 aromatic heterocycles. The number of amides is 1. The number of likely N-dealkylation sites (N-methyl/N-ethyl adjacent to an activating group) is 1. The van der Waals surface area contributed by atoms with Crippen LogP contribution in [-0.2, 0) is 13.8 Å². The molecule has 0 fully saturated rings. The Kier molecular flexibility index (Phi) is 5.98. The molecule has 1 amide bonds. The predicted molar refractivity (Wildman–Crippen MR) is 77.5 cm³/mol. The van der Waals surface area contributed by atoms with Gasteiger partial charge < -0.3 is 9.64 Å². The van der Waals surface area contributed by atoms with Gasteiger partial charge in [0, 0.05) is 29.9 Å². The lowest BCUT2D eigenvalue weighted by atomic mass is 10.1. The van der Waals surface area contributed by atoms with Crippen LogP contribution in [0.4, 0.5) is 0 Å². The topological polar surface area (TPSA) is 63.7 Å². The largest absolute Gasteiger partial charge is 0.383 e. The summed E-state index contributed by atoms with van der Waals surface area (Å²) < 4.78 is 27.3. The standard InChI is InChI=1S/C13H18ClNO4S/c1-4-15(10(2)9-19-3)13(16)11-5-7-12(8-6-11)20(14,17)18/h5-8,10H,4,9H2,1-3H3. The summed E-state index contributed by atoms with van der Waals surface area (Å²) in [6.07, 6.45) is 0. The molecule has 20 heavy (non-hydrogen) atoms. The fourth-order valence-electron chi connectivity index (χ4n) is 1.91. The van der Waals surface area contributed by atoms with Gasteiger partial charge in [0.15, 0.2) is 0 Å². The second-order valence-corrected chi connectivity index (χ2v) is 6.92. The van der Waals surface area contributed by atoms with Crippen molar-refractivity contribution in [2.75, 3.05) is 20.3 Å². The molecule has 0 heterocycles. The fraction of sp³-hybridized carbons (Fsp3) is 0.462. The quantitative estimate of drug-likeness (QED) is 0.753. The summed E-state index contributed by atoms with van der Waals surface area (Å²) in [6.45, 7) is 4.75. The van der Waals surface area contributed by atoms with Crippen molar-refractivity contribution in [3.63, 3.8) is 0 Å². The lowest BCUT2D eigenvalue weighted by Gasteiger charge is -2.27. The van der Waals surface area contributed by atoms with Crippen molar-refractivity contribution >= 4 is 25.6 Å². The third-order valence-corrected chi connectivity index (χ3v) is 4.29. The summed E-state index contributed by atoms with van der Waals surface area (Å²) in [5, 5.41) is 0. The molecule has 0 aliphatic carbocycles. The first-order valence-electron chi connectivity index (χ1n) is 6.15. The zero-order valence-electron chi connectivity index (χ0n) is 11.7. The van der Waals surface area contributed by atoms with Crippen LogP contribution in [-0.4, -0.2) is 45.5 Å². The molecule has 1 aromatic carbocycles. The molecule has 1 unspecified atom stereocenters. The van der Waals surface area contributed by atoms with Gasteiger partial charge in [-0.25, -0.2) is 8.42 Å². The number of carbonyl (C=O) groups is 1. The maximum absolute atomic E-state index is 12.3. The number of halogens is 1. The first-order valence-corrected chi connectivity index (χ1v) is 8.46. The van der Waals surface area contributed by atoms with Crippen molar-refractivity contribution in [1.82, 2.24) is 4.90 Å². The van der Waals surface area contributed by atoms with Gasteiger partial charge in [-0.2, -0.15) is 0 Å². The summed E-state index contributed by atoms with van der Waals surface area (Å²) in [7, 11) is 3.04. The lowest BCUT2D eigenvalue weighted by molar-refractivity contribution is 0.0579. The molecule has 0 saturated heterocycles. The molecule has 0 saturated carbocycles. The van der Waals surface area contributed by atoms with Gasteiger partial charge in [0.1, 0.15) is 0 Å². The van der Waals surface area contributed by atoms with E-state index < -0.39 is 9.05 Å². The Morgan fingerprint density at radius 1 is 1.35 bits per heavy atom. The molecule has 1 aromatic rings. The van der Waals surface area contributed by atoms with Gasteiger partial charge in [0.2, 0.25) is 0 Å². The molecule has 0 aliphatic heterocycles. The van der Waals surface area contributed by atoms with Gasteiger partial charge in [-0.15, -0.1) is 0 Å². The summed E-state index contributed by atoms with van der Waals surface area (Å²) in [4.78, 5) is 14.0. The monoisotopic (exact) mass is 319 g/mol. The number of rotatable bonds is 6. The Hall–Kier alpha value is -1.11. The molecule has 1 atom stereocenters. The summed E-state index contributed by atoms with van der Waals surface area (Å²) in [6, 6.07) is 5.50. The van der Waals surface area contributed by atoms with Crippen LogP contribution in [0.5, 0.6) is 0 Å². The van der Waals surface area contributed by atoms with E-state index in [0.29, 0.717) is 18.7 Å². The normalized spacial score (nSPS) is 13.0. The van der Waals surface area contributed by atoms with E-state index in [2.05, 4.69) is 0 Å². The highest BCUT2D eigenvalue weighted by molar-refractivity contribution is 8.13. The number of hydrogen-bond acceptors (Lipinski definition) is 4. The van der Waals surface area contributed by atoms with Gasteiger partial charge in [-0.1, -0.05) is 0 Å². The van der Waals surface area contributed by atoms with Gasteiger partial charge >= 0.3 is 0 Å². The minimum Gasteiger partial charge on any atom is -0.383 e. The Labute approximate surface area is 123 Å². The SMILES string of the molecule is CCN(C(=O)c1ccc(S(=O)(=O)Cl)cc1)C(C)COC. The number of benzene rings is 1.